The Balaban J connectivity index is 1.78. The highest BCUT2D eigenvalue weighted by molar-refractivity contribution is 5.89. The predicted octanol–water partition coefficient (Wildman–Crippen LogP) is 4.89. The summed E-state index contributed by atoms with van der Waals surface area (Å²) in [5, 5.41) is 14.0. The standard InChI is InChI=1S/C24H21N5O2/c1-16-8-9-17(15-30)12-21(16)29(19-6-4-3-5-7-19)24-26-20-10-11-31-23(20)22(27-24)18-13-25-28(2)14-18/h3-14,30H,15H2,1-2H3. The maximum atomic E-state index is 9.71. The molecule has 0 atom stereocenters. The molecule has 7 heteroatoms. The Morgan fingerprint density at radius 3 is 2.65 bits per heavy atom. The number of aryl methyl sites for hydroxylation is 2. The van der Waals surface area contributed by atoms with Crippen LogP contribution in [0.25, 0.3) is 22.4 Å². The molecule has 0 aliphatic rings. The van der Waals surface area contributed by atoms with Crippen molar-refractivity contribution in [3.63, 3.8) is 0 Å². The third-order valence-electron chi connectivity index (χ3n) is 5.18. The number of hydrogen-bond donors (Lipinski definition) is 1. The van der Waals surface area contributed by atoms with Gasteiger partial charge in [-0.3, -0.25) is 9.58 Å². The van der Waals surface area contributed by atoms with Gasteiger partial charge < -0.3 is 9.52 Å². The van der Waals surface area contributed by atoms with E-state index in [1.807, 2.05) is 79.7 Å². The minimum atomic E-state index is -0.0432. The van der Waals surface area contributed by atoms with E-state index in [1.54, 1.807) is 17.1 Å². The molecule has 2 aromatic carbocycles. The second-order valence-corrected chi connectivity index (χ2v) is 7.36. The van der Waals surface area contributed by atoms with Crippen LogP contribution in [0.4, 0.5) is 17.3 Å². The van der Waals surface area contributed by atoms with E-state index in [9.17, 15) is 5.11 Å². The number of anilines is 3. The van der Waals surface area contributed by atoms with Crippen molar-refractivity contribution < 1.29 is 9.52 Å². The fourth-order valence-corrected chi connectivity index (χ4v) is 3.62. The lowest BCUT2D eigenvalue weighted by molar-refractivity contribution is 0.282. The van der Waals surface area contributed by atoms with Crippen LogP contribution in [-0.4, -0.2) is 24.9 Å². The zero-order valence-corrected chi connectivity index (χ0v) is 17.2. The van der Waals surface area contributed by atoms with Crippen molar-refractivity contribution in [1.29, 1.82) is 0 Å². The number of aromatic nitrogens is 4. The molecule has 5 aromatic rings. The van der Waals surface area contributed by atoms with Crippen LogP contribution >= 0.6 is 0 Å². The second kappa shape index (κ2) is 7.70. The van der Waals surface area contributed by atoms with Gasteiger partial charge in [-0.05, 0) is 36.2 Å². The molecule has 0 amide bonds. The third kappa shape index (κ3) is 3.45. The number of fused-ring (bicyclic) bond motifs is 1. The number of aliphatic hydroxyl groups excluding tert-OH is 1. The van der Waals surface area contributed by atoms with Crippen molar-refractivity contribution in [1.82, 2.24) is 19.7 Å². The minimum Gasteiger partial charge on any atom is -0.460 e. The van der Waals surface area contributed by atoms with Gasteiger partial charge in [-0.25, -0.2) is 9.97 Å². The molecule has 31 heavy (non-hydrogen) atoms. The van der Waals surface area contributed by atoms with Crippen molar-refractivity contribution in [2.24, 2.45) is 7.05 Å². The van der Waals surface area contributed by atoms with E-state index in [-0.39, 0.29) is 6.61 Å². The van der Waals surface area contributed by atoms with E-state index in [2.05, 4.69) is 5.10 Å². The SMILES string of the molecule is Cc1ccc(CO)cc1N(c1ccccc1)c1nc(-c2cnn(C)c2)c2occc2n1. The van der Waals surface area contributed by atoms with Gasteiger partial charge in [-0.15, -0.1) is 0 Å². The Bertz CT molecular complexity index is 1360. The highest BCUT2D eigenvalue weighted by atomic mass is 16.3. The van der Waals surface area contributed by atoms with Crippen molar-refractivity contribution in [3.05, 3.63) is 84.4 Å². The molecule has 0 saturated heterocycles. The number of aliphatic hydroxyl groups is 1. The quantitative estimate of drug-likeness (QED) is 0.443. The zero-order valence-electron chi connectivity index (χ0n) is 17.2. The lowest BCUT2D eigenvalue weighted by Gasteiger charge is -2.25. The van der Waals surface area contributed by atoms with Crippen LogP contribution in [-0.2, 0) is 13.7 Å². The topological polar surface area (TPSA) is 80.2 Å². The van der Waals surface area contributed by atoms with Gasteiger partial charge in [0, 0.05) is 30.6 Å². The molecule has 0 aliphatic carbocycles. The molecule has 7 nitrogen and oxygen atoms in total. The van der Waals surface area contributed by atoms with Gasteiger partial charge in [0.2, 0.25) is 5.95 Å². The number of furan rings is 1. The number of para-hydroxylation sites is 1. The monoisotopic (exact) mass is 411 g/mol. The molecule has 0 fully saturated rings. The molecule has 0 unspecified atom stereocenters. The Kier molecular flexibility index (Phi) is 4.72. The third-order valence-corrected chi connectivity index (χ3v) is 5.18. The number of nitrogens with zero attached hydrogens (tertiary/aromatic N) is 5. The molecule has 0 bridgehead atoms. The van der Waals surface area contributed by atoms with E-state index in [0.29, 0.717) is 22.7 Å². The van der Waals surface area contributed by atoms with Crippen LogP contribution in [0, 0.1) is 6.92 Å². The van der Waals surface area contributed by atoms with E-state index in [1.165, 1.54) is 0 Å². The molecule has 0 spiro atoms. The minimum absolute atomic E-state index is 0.0432. The summed E-state index contributed by atoms with van der Waals surface area (Å²) in [6, 6.07) is 17.7. The summed E-state index contributed by atoms with van der Waals surface area (Å²) < 4.78 is 7.44. The Hall–Kier alpha value is -3.97. The first kappa shape index (κ1) is 19.0. The summed E-state index contributed by atoms with van der Waals surface area (Å²) in [4.78, 5) is 11.7. The average molecular weight is 411 g/mol. The molecule has 0 aliphatic heterocycles. The molecular weight excluding hydrogens is 390 g/mol. The average Bonchev–Trinajstić information content (AvgIpc) is 3.44. The first-order chi connectivity index (χ1) is 15.1. The van der Waals surface area contributed by atoms with Gasteiger partial charge >= 0.3 is 0 Å². The summed E-state index contributed by atoms with van der Waals surface area (Å²) in [7, 11) is 1.87. The predicted molar refractivity (Wildman–Crippen MR) is 119 cm³/mol. The molecule has 0 saturated carbocycles. The number of rotatable bonds is 5. The summed E-state index contributed by atoms with van der Waals surface area (Å²) in [6.45, 7) is 1.99. The summed E-state index contributed by atoms with van der Waals surface area (Å²) >= 11 is 0. The van der Waals surface area contributed by atoms with E-state index in [0.717, 1.165) is 28.1 Å². The van der Waals surface area contributed by atoms with Crippen LogP contribution in [0.5, 0.6) is 0 Å². The van der Waals surface area contributed by atoms with Crippen LogP contribution in [0.1, 0.15) is 11.1 Å². The Morgan fingerprint density at radius 2 is 1.90 bits per heavy atom. The van der Waals surface area contributed by atoms with Crippen LogP contribution < -0.4 is 4.90 Å². The zero-order chi connectivity index (χ0) is 21.4. The van der Waals surface area contributed by atoms with Gasteiger partial charge in [0.05, 0.1) is 24.8 Å². The van der Waals surface area contributed by atoms with E-state index >= 15 is 0 Å². The highest BCUT2D eigenvalue weighted by Gasteiger charge is 2.22. The van der Waals surface area contributed by atoms with Gasteiger partial charge in [0.1, 0.15) is 11.2 Å². The molecule has 154 valence electrons. The molecular formula is C24H21N5O2. The maximum Gasteiger partial charge on any atom is 0.236 e. The van der Waals surface area contributed by atoms with Crippen molar-refractivity contribution in [3.8, 4) is 11.3 Å². The highest BCUT2D eigenvalue weighted by Crippen LogP contribution is 2.37. The molecule has 5 rings (SSSR count). The first-order valence-corrected chi connectivity index (χ1v) is 9.94. The smallest absolute Gasteiger partial charge is 0.236 e. The van der Waals surface area contributed by atoms with Crippen molar-refractivity contribution in [2.75, 3.05) is 4.90 Å². The van der Waals surface area contributed by atoms with Gasteiger partial charge in [-0.2, -0.15) is 5.10 Å². The summed E-state index contributed by atoms with van der Waals surface area (Å²) in [6.07, 6.45) is 5.28. The molecule has 1 N–H and O–H groups in total. The Morgan fingerprint density at radius 1 is 1.06 bits per heavy atom. The Labute approximate surface area is 179 Å². The molecule has 3 aromatic heterocycles. The lowest BCUT2D eigenvalue weighted by Crippen LogP contribution is -2.15. The van der Waals surface area contributed by atoms with Crippen LogP contribution in [0.3, 0.4) is 0 Å². The van der Waals surface area contributed by atoms with Crippen molar-refractivity contribution >= 4 is 28.4 Å². The fourth-order valence-electron chi connectivity index (χ4n) is 3.62. The maximum absolute atomic E-state index is 9.71. The number of hydrogen-bond acceptors (Lipinski definition) is 6. The van der Waals surface area contributed by atoms with E-state index < -0.39 is 0 Å². The largest absolute Gasteiger partial charge is 0.460 e. The van der Waals surface area contributed by atoms with Gasteiger partial charge in [0.25, 0.3) is 0 Å². The van der Waals surface area contributed by atoms with Crippen LogP contribution in [0.15, 0.2) is 77.7 Å². The lowest BCUT2D eigenvalue weighted by atomic mass is 10.1. The van der Waals surface area contributed by atoms with Gasteiger partial charge in [0.15, 0.2) is 5.58 Å². The number of benzene rings is 2. The van der Waals surface area contributed by atoms with Crippen LogP contribution in [0.2, 0.25) is 0 Å². The summed E-state index contributed by atoms with van der Waals surface area (Å²) in [5.74, 6) is 0.511. The molecule has 0 radical (unpaired) electrons. The second-order valence-electron chi connectivity index (χ2n) is 7.36. The first-order valence-electron chi connectivity index (χ1n) is 9.94. The normalized spacial score (nSPS) is 11.2. The molecule has 3 heterocycles. The fraction of sp³-hybridized carbons (Fsp3) is 0.125. The summed E-state index contributed by atoms with van der Waals surface area (Å²) in [5.41, 5.74) is 6.53. The van der Waals surface area contributed by atoms with Gasteiger partial charge in [-0.1, -0.05) is 30.3 Å². The van der Waals surface area contributed by atoms with E-state index in [4.69, 9.17) is 14.4 Å². The van der Waals surface area contributed by atoms with Crippen molar-refractivity contribution in [2.45, 2.75) is 13.5 Å².